The van der Waals surface area contributed by atoms with Crippen LogP contribution >= 0.6 is 0 Å². The maximum atomic E-state index is 12.0. The number of carbonyl (C=O) groups is 2. The van der Waals surface area contributed by atoms with Crippen molar-refractivity contribution in [2.45, 2.75) is 33.1 Å². The summed E-state index contributed by atoms with van der Waals surface area (Å²) in [5.74, 6) is -0.120. The summed E-state index contributed by atoms with van der Waals surface area (Å²) in [6.45, 7) is 4.89. The minimum Gasteiger partial charge on any atom is -0.385 e. The molecule has 1 aliphatic rings. The third kappa shape index (κ3) is 5.39. The summed E-state index contributed by atoms with van der Waals surface area (Å²) >= 11 is 0. The molecule has 2 rings (SSSR count). The highest BCUT2D eigenvalue weighted by atomic mass is 16.6. The summed E-state index contributed by atoms with van der Waals surface area (Å²) in [7, 11) is 0. The lowest BCUT2D eigenvalue weighted by molar-refractivity contribution is -0.137. The van der Waals surface area contributed by atoms with Gasteiger partial charge in [0.15, 0.2) is 6.61 Å². The Kier molecular flexibility index (Phi) is 6.14. The molecule has 1 aliphatic heterocycles. The first-order valence-corrected chi connectivity index (χ1v) is 7.88. The Morgan fingerprint density at radius 3 is 2.39 bits per heavy atom. The SMILES string of the molecule is CC(=O)Nc1ccc(/C(C)=N/OCC(=O)N2CCCCC2)cc1. The summed E-state index contributed by atoms with van der Waals surface area (Å²) < 4.78 is 0. The molecule has 0 unspecified atom stereocenters. The fraction of sp³-hybridized carbons (Fsp3) is 0.471. The molecule has 1 fully saturated rings. The van der Waals surface area contributed by atoms with E-state index in [4.69, 9.17) is 4.84 Å². The minimum absolute atomic E-state index is 0.0118. The van der Waals surface area contributed by atoms with Crippen LogP contribution in [-0.4, -0.2) is 42.1 Å². The number of likely N-dealkylation sites (tertiary alicyclic amines) is 1. The molecule has 0 aliphatic carbocycles. The Hall–Kier alpha value is -2.37. The van der Waals surface area contributed by atoms with E-state index in [2.05, 4.69) is 10.5 Å². The Bertz CT molecular complexity index is 575. The number of hydrogen-bond acceptors (Lipinski definition) is 4. The molecule has 1 aromatic carbocycles. The van der Waals surface area contributed by atoms with Gasteiger partial charge in [-0.1, -0.05) is 17.3 Å². The fourth-order valence-corrected chi connectivity index (χ4v) is 2.47. The van der Waals surface area contributed by atoms with E-state index in [-0.39, 0.29) is 18.4 Å². The van der Waals surface area contributed by atoms with Crippen molar-refractivity contribution >= 4 is 23.2 Å². The Morgan fingerprint density at radius 2 is 1.78 bits per heavy atom. The van der Waals surface area contributed by atoms with E-state index < -0.39 is 0 Å². The molecule has 124 valence electrons. The number of hydrogen-bond donors (Lipinski definition) is 1. The number of nitrogens with one attached hydrogen (secondary N) is 1. The number of nitrogens with zero attached hydrogens (tertiary/aromatic N) is 2. The van der Waals surface area contributed by atoms with E-state index >= 15 is 0 Å². The standard InChI is InChI=1S/C17H23N3O3/c1-13(15-6-8-16(9-7-15)18-14(2)21)19-23-12-17(22)20-10-4-3-5-11-20/h6-9H,3-5,10-12H2,1-2H3,(H,18,21)/b19-13+. The van der Waals surface area contributed by atoms with Crippen molar-refractivity contribution in [2.75, 3.05) is 25.0 Å². The first-order chi connectivity index (χ1) is 11.1. The quantitative estimate of drug-likeness (QED) is 0.669. The number of piperidine rings is 1. The number of benzene rings is 1. The second-order valence-corrected chi connectivity index (χ2v) is 5.65. The summed E-state index contributed by atoms with van der Waals surface area (Å²) in [4.78, 5) is 29.9. The van der Waals surface area contributed by atoms with Gasteiger partial charge in [0.1, 0.15) is 0 Å². The zero-order valence-electron chi connectivity index (χ0n) is 13.7. The highest BCUT2D eigenvalue weighted by Gasteiger charge is 2.16. The van der Waals surface area contributed by atoms with Crippen LogP contribution in [0.2, 0.25) is 0 Å². The normalized spacial score (nSPS) is 15.2. The van der Waals surface area contributed by atoms with Crippen molar-refractivity contribution in [3.8, 4) is 0 Å². The molecule has 0 atom stereocenters. The van der Waals surface area contributed by atoms with Gasteiger partial charge in [-0.05, 0) is 43.9 Å². The number of rotatable bonds is 5. The van der Waals surface area contributed by atoms with Gasteiger partial charge in [0.05, 0.1) is 5.71 Å². The minimum atomic E-state index is -0.109. The molecule has 0 spiro atoms. The fourth-order valence-electron chi connectivity index (χ4n) is 2.47. The highest BCUT2D eigenvalue weighted by Crippen LogP contribution is 2.11. The van der Waals surface area contributed by atoms with Gasteiger partial charge in [-0.15, -0.1) is 0 Å². The van der Waals surface area contributed by atoms with E-state index in [1.807, 2.05) is 24.0 Å². The van der Waals surface area contributed by atoms with Gasteiger partial charge in [-0.2, -0.15) is 0 Å². The maximum Gasteiger partial charge on any atom is 0.263 e. The maximum absolute atomic E-state index is 12.0. The molecule has 0 aromatic heterocycles. The van der Waals surface area contributed by atoms with Gasteiger partial charge in [0, 0.05) is 25.7 Å². The van der Waals surface area contributed by atoms with Crippen molar-refractivity contribution in [1.29, 1.82) is 0 Å². The summed E-state index contributed by atoms with van der Waals surface area (Å²) in [5, 5.41) is 6.71. The Balaban J connectivity index is 1.84. The predicted octanol–water partition coefficient (Wildman–Crippen LogP) is 2.40. The molecule has 1 aromatic rings. The van der Waals surface area contributed by atoms with Gasteiger partial charge in [-0.3, -0.25) is 9.59 Å². The first-order valence-electron chi connectivity index (χ1n) is 7.88. The average Bonchev–Trinajstić information content (AvgIpc) is 2.55. The third-order valence-electron chi connectivity index (χ3n) is 3.72. The molecule has 1 saturated heterocycles. The molecule has 6 heteroatoms. The molecule has 0 radical (unpaired) electrons. The topological polar surface area (TPSA) is 71.0 Å². The highest BCUT2D eigenvalue weighted by molar-refractivity contribution is 5.99. The van der Waals surface area contributed by atoms with Gasteiger partial charge < -0.3 is 15.1 Å². The van der Waals surface area contributed by atoms with Crippen LogP contribution in [0.4, 0.5) is 5.69 Å². The molecular weight excluding hydrogens is 294 g/mol. The largest absolute Gasteiger partial charge is 0.385 e. The average molecular weight is 317 g/mol. The van der Waals surface area contributed by atoms with Crippen LogP contribution in [-0.2, 0) is 14.4 Å². The molecule has 0 saturated carbocycles. The van der Waals surface area contributed by atoms with E-state index in [1.165, 1.54) is 13.3 Å². The van der Waals surface area contributed by atoms with Crippen LogP contribution in [0.1, 0.15) is 38.7 Å². The third-order valence-corrected chi connectivity index (χ3v) is 3.72. The summed E-state index contributed by atoms with van der Waals surface area (Å²) in [6.07, 6.45) is 3.32. The van der Waals surface area contributed by atoms with E-state index in [0.29, 0.717) is 5.71 Å². The molecule has 2 amide bonds. The van der Waals surface area contributed by atoms with Crippen LogP contribution < -0.4 is 5.32 Å². The van der Waals surface area contributed by atoms with Crippen LogP contribution in [0.3, 0.4) is 0 Å². The lowest BCUT2D eigenvalue weighted by Crippen LogP contribution is -2.37. The lowest BCUT2D eigenvalue weighted by atomic mass is 10.1. The van der Waals surface area contributed by atoms with Crippen molar-refractivity contribution in [2.24, 2.45) is 5.16 Å². The van der Waals surface area contributed by atoms with Crippen LogP contribution in [0, 0.1) is 0 Å². The number of amides is 2. The zero-order chi connectivity index (χ0) is 16.7. The monoisotopic (exact) mass is 317 g/mol. The second kappa shape index (κ2) is 8.31. The molecule has 23 heavy (non-hydrogen) atoms. The van der Waals surface area contributed by atoms with Gasteiger partial charge in [0.2, 0.25) is 5.91 Å². The zero-order valence-corrected chi connectivity index (χ0v) is 13.7. The molecule has 0 bridgehead atoms. The van der Waals surface area contributed by atoms with Gasteiger partial charge in [-0.25, -0.2) is 0 Å². The van der Waals surface area contributed by atoms with E-state index in [9.17, 15) is 9.59 Å². The first kappa shape index (κ1) is 17.0. The summed E-state index contributed by atoms with van der Waals surface area (Å²) in [6, 6.07) is 7.29. The van der Waals surface area contributed by atoms with E-state index in [1.54, 1.807) is 12.1 Å². The van der Waals surface area contributed by atoms with Crippen molar-refractivity contribution in [3.05, 3.63) is 29.8 Å². The van der Waals surface area contributed by atoms with Crippen molar-refractivity contribution in [3.63, 3.8) is 0 Å². The van der Waals surface area contributed by atoms with Crippen LogP contribution in [0.15, 0.2) is 29.4 Å². The summed E-state index contributed by atoms with van der Waals surface area (Å²) in [5.41, 5.74) is 2.30. The second-order valence-electron chi connectivity index (χ2n) is 5.65. The van der Waals surface area contributed by atoms with E-state index in [0.717, 1.165) is 37.2 Å². The van der Waals surface area contributed by atoms with Crippen molar-refractivity contribution < 1.29 is 14.4 Å². The Morgan fingerprint density at radius 1 is 1.13 bits per heavy atom. The predicted molar refractivity (Wildman–Crippen MR) is 89.3 cm³/mol. The number of oxime groups is 1. The molecular formula is C17H23N3O3. The molecule has 1 N–H and O–H groups in total. The number of anilines is 1. The van der Waals surface area contributed by atoms with Crippen LogP contribution in [0.25, 0.3) is 0 Å². The van der Waals surface area contributed by atoms with Gasteiger partial charge in [0.25, 0.3) is 5.91 Å². The van der Waals surface area contributed by atoms with Crippen molar-refractivity contribution in [1.82, 2.24) is 4.90 Å². The van der Waals surface area contributed by atoms with Crippen LogP contribution in [0.5, 0.6) is 0 Å². The lowest BCUT2D eigenvalue weighted by Gasteiger charge is -2.26. The van der Waals surface area contributed by atoms with Gasteiger partial charge >= 0.3 is 0 Å². The number of carbonyl (C=O) groups excluding carboxylic acids is 2. The molecule has 6 nitrogen and oxygen atoms in total. The Labute approximate surface area is 136 Å². The molecule has 1 heterocycles. The smallest absolute Gasteiger partial charge is 0.263 e.